The van der Waals surface area contributed by atoms with Gasteiger partial charge in [-0.25, -0.2) is 5.43 Å². The van der Waals surface area contributed by atoms with Crippen LogP contribution in [0.5, 0.6) is 5.75 Å². The minimum absolute atomic E-state index is 0.354. The molecular formula is C22H24BrN7O2. The van der Waals surface area contributed by atoms with E-state index in [-0.39, 0.29) is 0 Å². The number of rotatable bonds is 8. The number of aromatic nitrogens is 3. The van der Waals surface area contributed by atoms with Gasteiger partial charge in [-0.05, 0) is 23.8 Å². The normalized spacial score (nSPS) is 13.9. The number of nitrogens with zero attached hydrogens (tertiary/aromatic N) is 5. The minimum atomic E-state index is 0.354. The molecule has 1 aromatic heterocycles. The van der Waals surface area contributed by atoms with Gasteiger partial charge in [-0.1, -0.05) is 46.3 Å². The zero-order chi connectivity index (χ0) is 22.2. The fourth-order valence-electron chi connectivity index (χ4n) is 3.08. The topological polar surface area (TPSA) is 96.8 Å². The third-order valence-corrected chi connectivity index (χ3v) is 5.50. The molecule has 0 saturated carbocycles. The van der Waals surface area contributed by atoms with Crippen molar-refractivity contribution in [3.05, 3.63) is 64.1 Å². The molecule has 2 aromatic carbocycles. The van der Waals surface area contributed by atoms with E-state index in [1.807, 2.05) is 48.5 Å². The number of hydrogen-bond donors (Lipinski definition) is 2. The fourth-order valence-corrected chi connectivity index (χ4v) is 3.43. The number of nitrogens with one attached hydrogen (secondary N) is 2. The van der Waals surface area contributed by atoms with Gasteiger partial charge in [0.2, 0.25) is 17.8 Å². The van der Waals surface area contributed by atoms with Gasteiger partial charge in [0.05, 0.1) is 26.5 Å². The van der Waals surface area contributed by atoms with E-state index in [0.717, 1.165) is 34.4 Å². The van der Waals surface area contributed by atoms with E-state index in [4.69, 9.17) is 9.47 Å². The highest BCUT2D eigenvalue weighted by Crippen LogP contribution is 2.21. The van der Waals surface area contributed by atoms with Gasteiger partial charge in [-0.3, -0.25) is 0 Å². The van der Waals surface area contributed by atoms with Crippen LogP contribution in [0, 0.1) is 0 Å². The van der Waals surface area contributed by atoms with Gasteiger partial charge in [-0.15, -0.1) is 0 Å². The van der Waals surface area contributed by atoms with Crippen molar-refractivity contribution in [2.75, 3.05) is 49.1 Å². The van der Waals surface area contributed by atoms with Crippen molar-refractivity contribution in [2.24, 2.45) is 5.10 Å². The summed E-state index contributed by atoms with van der Waals surface area (Å²) in [5.41, 5.74) is 4.92. The number of halogens is 1. The van der Waals surface area contributed by atoms with Gasteiger partial charge in [0.15, 0.2) is 0 Å². The Kier molecular flexibility index (Phi) is 7.47. The number of benzene rings is 2. The second-order valence-electron chi connectivity index (χ2n) is 6.98. The van der Waals surface area contributed by atoms with E-state index in [0.29, 0.717) is 37.6 Å². The van der Waals surface area contributed by atoms with Crippen molar-refractivity contribution < 1.29 is 9.47 Å². The van der Waals surface area contributed by atoms with E-state index in [1.54, 1.807) is 13.3 Å². The smallest absolute Gasteiger partial charge is 0.250 e. The molecule has 2 N–H and O–H groups in total. The van der Waals surface area contributed by atoms with Crippen LogP contribution in [-0.4, -0.2) is 54.6 Å². The Morgan fingerprint density at radius 2 is 1.88 bits per heavy atom. The summed E-state index contributed by atoms with van der Waals surface area (Å²) in [7, 11) is 1.63. The summed E-state index contributed by atoms with van der Waals surface area (Å²) in [6.45, 7) is 3.34. The molecule has 0 radical (unpaired) electrons. The van der Waals surface area contributed by atoms with Crippen molar-refractivity contribution >= 4 is 40.0 Å². The van der Waals surface area contributed by atoms with Crippen LogP contribution in [0.25, 0.3) is 0 Å². The van der Waals surface area contributed by atoms with E-state index >= 15 is 0 Å². The molecule has 1 aliphatic rings. The number of hydrazone groups is 1. The number of morpholine rings is 1. The summed E-state index contributed by atoms with van der Waals surface area (Å²) in [6, 6.07) is 15.8. The van der Waals surface area contributed by atoms with Crippen LogP contribution >= 0.6 is 15.9 Å². The summed E-state index contributed by atoms with van der Waals surface area (Å²) in [4.78, 5) is 15.7. The second-order valence-corrected chi connectivity index (χ2v) is 7.83. The number of methoxy groups -OCH3 is 1. The molecular weight excluding hydrogens is 474 g/mol. The number of anilines is 3. The first-order valence-electron chi connectivity index (χ1n) is 10.2. The molecule has 0 atom stereocenters. The van der Waals surface area contributed by atoms with Crippen molar-refractivity contribution in [3.63, 3.8) is 0 Å². The van der Waals surface area contributed by atoms with Crippen LogP contribution in [-0.2, 0) is 11.3 Å². The van der Waals surface area contributed by atoms with Crippen LogP contribution < -0.4 is 20.4 Å². The Morgan fingerprint density at radius 3 is 2.66 bits per heavy atom. The van der Waals surface area contributed by atoms with Gasteiger partial charge >= 0.3 is 0 Å². The predicted molar refractivity (Wildman–Crippen MR) is 129 cm³/mol. The summed E-state index contributed by atoms with van der Waals surface area (Å²) in [6.07, 6.45) is 1.68. The Hall–Kier alpha value is -3.24. The maximum Gasteiger partial charge on any atom is 0.250 e. The average Bonchev–Trinajstić information content (AvgIpc) is 2.85. The van der Waals surface area contributed by atoms with E-state index in [2.05, 4.69) is 51.6 Å². The molecule has 10 heteroatoms. The van der Waals surface area contributed by atoms with E-state index < -0.39 is 0 Å². The lowest BCUT2D eigenvalue weighted by Gasteiger charge is -2.27. The Bertz CT molecular complexity index is 1060. The van der Waals surface area contributed by atoms with Gasteiger partial charge in [0.1, 0.15) is 5.75 Å². The molecule has 0 unspecified atom stereocenters. The lowest BCUT2D eigenvalue weighted by molar-refractivity contribution is 0.122. The van der Waals surface area contributed by atoms with E-state index in [1.165, 1.54) is 0 Å². The molecule has 166 valence electrons. The summed E-state index contributed by atoms with van der Waals surface area (Å²) < 4.78 is 11.6. The van der Waals surface area contributed by atoms with E-state index in [9.17, 15) is 0 Å². The highest BCUT2D eigenvalue weighted by molar-refractivity contribution is 9.10. The van der Waals surface area contributed by atoms with Crippen LogP contribution in [0.4, 0.5) is 17.8 Å². The Labute approximate surface area is 195 Å². The maximum atomic E-state index is 5.45. The predicted octanol–water partition coefficient (Wildman–Crippen LogP) is 3.54. The lowest BCUT2D eigenvalue weighted by atomic mass is 10.2. The molecule has 0 bridgehead atoms. The van der Waals surface area contributed by atoms with Crippen molar-refractivity contribution in [1.29, 1.82) is 0 Å². The first-order chi connectivity index (χ1) is 15.7. The zero-order valence-electron chi connectivity index (χ0n) is 17.7. The third kappa shape index (κ3) is 5.92. The Balaban J connectivity index is 1.53. The number of ether oxygens (including phenoxy) is 2. The SMILES string of the molecule is COc1ccc(Br)c(/C=N/Nc2nc(NCc3ccccc3)nc(N3CCOCC3)n2)c1. The highest BCUT2D eigenvalue weighted by Gasteiger charge is 2.16. The average molecular weight is 498 g/mol. The van der Waals surface area contributed by atoms with Crippen LogP contribution in [0.2, 0.25) is 0 Å². The van der Waals surface area contributed by atoms with Crippen molar-refractivity contribution in [1.82, 2.24) is 15.0 Å². The molecule has 0 amide bonds. The monoisotopic (exact) mass is 497 g/mol. The summed E-state index contributed by atoms with van der Waals surface area (Å²) in [5.74, 6) is 2.16. The fraction of sp³-hybridized carbons (Fsp3) is 0.273. The van der Waals surface area contributed by atoms with Gasteiger partial charge in [0.25, 0.3) is 0 Å². The quantitative estimate of drug-likeness (QED) is 0.360. The zero-order valence-corrected chi connectivity index (χ0v) is 19.2. The molecule has 2 heterocycles. The molecule has 1 aliphatic heterocycles. The maximum absolute atomic E-state index is 5.45. The molecule has 1 saturated heterocycles. The molecule has 9 nitrogen and oxygen atoms in total. The van der Waals surface area contributed by atoms with Gasteiger partial charge < -0.3 is 19.7 Å². The number of hydrogen-bond acceptors (Lipinski definition) is 9. The standard InChI is InChI=1S/C22H24BrN7O2/c1-31-18-7-8-19(23)17(13-18)15-25-29-21-26-20(24-14-16-5-3-2-4-6-16)27-22(28-21)30-9-11-32-12-10-30/h2-8,13,15H,9-12,14H2,1H3,(H2,24,26,27,28,29)/b25-15+. The first-order valence-corrected chi connectivity index (χ1v) is 11.0. The molecule has 0 spiro atoms. The summed E-state index contributed by atoms with van der Waals surface area (Å²) >= 11 is 3.52. The van der Waals surface area contributed by atoms with Gasteiger partial charge in [0, 0.05) is 29.7 Å². The lowest BCUT2D eigenvalue weighted by Crippen LogP contribution is -2.37. The second kappa shape index (κ2) is 10.9. The van der Waals surface area contributed by atoms with Crippen LogP contribution in [0.15, 0.2) is 58.1 Å². The first kappa shape index (κ1) is 22.0. The Morgan fingerprint density at radius 1 is 1.09 bits per heavy atom. The highest BCUT2D eigenvalue weighted by atomic mass is 79.9. The van der Waals surface area contributed by atoms with Crippen LogP contribution in [0.1, 0.15) is 11.1 Å². The minimum Gasteiger partial charge on any atom is -0.497 e. The largest absolute Gasteiger partial charge is 0.497 e. The van der Waals surface area contributed by atoms with Crippen molar-refractivity contribution in [3.8, 4) is 5.75 Å². The molecule has 0 aliphatic carbocycles. The third-order valence-electron chi connectivity index (χ3n) is 4.78. The molecule has 3 aromatic rings. The van der Waals surface area contributed by atoms with Crippen LogP contribution in [0.3, 0.4) is 0 Å². The molecule has 32 heavy (non-hydrogen) atoms. The molecule has 1 fully saturated rings. The molecule has 4 rings (SSSR count). The summed E-state index contributed by atoms with van der Waals surface area (Å²) in [5, 5.41) is 7.59. The van der Waals surface area contributed by atoms with Gasteiger partial charge in [-0.2, -0.15) is 20.1 Å². The van der Waals surface area contributed by atoms with Crippen molar-refractivity contribution in [2.45, 2.75) is 6.54 Å².